The van der Waals surface area contributed by atoms with Crippen LogP contribution < -0.4 is 5.32 Å². The lowest BCUT2D eigenvalue weighted by atomic mass is 10.1. The minimum Gasteiger partial charge on any atom is -0.477 e. The number of hydrogen-bond donors (Lipinski definition) is 2. The number of aromatic carboxylic acids is 1. The Kier molecular flexibility index (Phi) is 4.02. The molecule has 0 fully saturated rings. The molecule has 0 radical (unpaired) electrons. The molecule has 0 saturated carbocycles. The van der Waals surface area contributed by atoms with Crippen molar-refractivity contribution in [1.82, 2.24) is 4.98 Å². The predicted octanol–water partition coefficient (Wildman–Crippen LogP) is 3.61. The quantitative estimate of drug-likeness (QED) is 0.895. The van der Waals surface area contributed by atoms with E-state index in [1.54, 1.807) is 12.1 Å². The van der Waals surface area contributed by atoms with Crippen LogP contribution in [0.4, 0.5) is 5.82 Å². The average molecular weight is 277 g/mol. The summed E-state index contributed by atoms with van der Waals surface area (Å²) in [4.78, 5) is 14.9. The Morgan fingerprint density at radius 3 is 2.58 bits per heavy atom. The summed E-state index contributed by atoms with van der Waals surface area (Å²) in [5.41, 5.74) is 1.07. The van der Waals surface area contributed by atoms with E-state index < -0.39 is 5.97 Å². The van der Waals surface area contributed by atoms with Crippen LogP contribution in [0.1, 0.15) is 29.0 Å². The van der Waals surface area contributed by atoms with Crippen molar-refractivity contribution < 1.29 is 9.90 Å². The maximum Gasteiger partial charge on any atom is 0.354 e. The molecule has 98 valence electrons. The molecule has 5 heteroatoms. The Labute approximate surface area is 116 Å². The van der Waals surface area contributed by atoms with Crippen molar-refractivity contribution in [3.05, 3.63) is 58.7 Å². The van der Waals surface area contributed by atoms with E-state index in [0.29, 0.717) is 10.8 Å². The Balaban J connectivity index is 2.14. The molecule has 0 aliphatic rings. The number of halogens is 1. The van der Waals surface area contributed by atoms with Gasteiger partial charge in [0.25, 0.3) is 0 Å². The molecule has 0 amide bonds. The molecule has 1 aromatic heterocycles. The smallest absolute Gasteiger partial charge is 0.354 e. The van der Waals surface area contributed by atoms with Crippen LogP contribution in [-0.4, -0.2) is 16.1 Å². The van der Waals surface area contributed by atoms with Crippen molar-refractivity contribution in [1.29, 1.82) is 0 Å². The van der Waals surface area contributed by atoms with Crippen molar-refractivity contribution in [2.45, 2.75) is 13.0 Å². The second-order valence-electron chi connectivity index (χ2n) is 4.13. The molecule has 19 heavy (non-hydrogen) atoms. The van der Waals surface area contributed by atoms with Gasteiger partial charge in [0.15, 0.2) is 5.69 Å². The number of nitrogens with zero attached hydrogens (tertiary/aromatic N) is 1. The van der Waals surface area contributed by atoms with Gasteiger partial charge >= 0.3 is 5.97 Å². The fourth-order valence-corrected chi connectivity index (χ4v) is 1.82. The van der Waals surface area contributed by atoms with Crippen molar-refractivity contribution >= 4 is 23.4 Å². The molecule has 2 rings (SSSR count). The molecular weight excluding hydrogens is 264 g/mol. The van der Waals surface area contributed by atoms with E-state index in [0.717, 1.165) is 5.56 Å². The van der Waals surface area contributed by atoms with Gasteiger partial charge in [-0.25, -0.2) is 9.78 Å². The first-order chi connectivity index (χ1) is 9.06. The van der Waals surface area contributed by atoms with E-state index in [4.69, 9.17) is 16.7 Å². The number of pyridine rings is 1. The Bertz CT molecular complexity index is 584. The van der Waals surface area contributed by atoms with Gasteiger partial charge in [-0.2, -0.15) is 0 Å². The summed E-state index contributed by atoms with van der Waals surface area (Å²) in [6, 6.07) is 12.3. The summed E-state index contributed by atoms with van der Waals surface area (Å²) < 4.78 is 0. The molecule has 2 N–H and O–H groups in total. The molecular formula is C14H13ClN2O2. The summed E-state index contributed by atoms with van der Waals surface area (Å²) in [5.74, 6) is -0.509. The maximum atomic E-state index is 10.8. The number of rotatable bonds is 4. The summed E-state index contributed by atoms with van der Waals surface area (Å²) in [6.07, 6.45) is 0. The molecule has 0 saturated heterocycles. The summed E-state index contributed by atoms with van der Waals surface area (Å²) >= 11 is 5.83. The van der Waals surface area contributed by atoms with Gasteiger partial charge in [-0.3, -0.25) is 0 Å². The van der Waals surface area contributed by atoms with Crippen LogP contribution in [0.5, 0.6) is 0 Å². The third kappa shape index (κ3) is 3.45. The molecule has 2 aromatic rings. The van der Waals surface area contributed by atoms with Gasteiger partial charge in [-0.05, 0) is 36.8 Å². The lowest BCUT2D eigenvalue weighted by Gasteiger charge is -2.15. The van der Waals surface area contributed by atoms with Crippen LogP contribution in [0.2, 0.25) is 5.02 Å². The number of hydrogen-bond acceptors (Lipinski definition) is 3. The molecule has 1 atom stereocenters. The van der Waals surface area contributed by atoms with E-state index in [-0.39, 0.29) is 11.7 Å². The third-order valence-electron chi connectivity index (χ3n) is 2.70. The van der Waals surface area contributed by atoms with Gasteiger partial charge in [-0.15, -0.1) is 0 Å². The van der Waals surface area contributed by atoms with E-state index in [2.05, 4.69) is 10.3 Å². The van der Waals surface area contributed by atoms with Gasteiger partial charge in [0.05, 0.1) is 0 Å². The van der Waals surface area contributed by atoms with Gasteiger partial charge in [0.2, 0.25) is 0 Å². The van der Waals surface area contributed by atoms with Gasteiger partial charge < -0.3 is 10.4 Å². The summed E-state index contributed by atoms with van der Waals surface area (Å²) in [7, 11) is 0. The third-order valence-corrected chi connectivity index (χ3v) is 2.95. The van der Waals surface area contributed by atoms with Crippen LogP contribution in [0.25, 0.3) is 0 Å². The number of benzene rings is 1. The minimum atomic E-state index is -1.04. The van der Waals surface area contributed by atoms with Gasteiger partial charge in [-0.1, -0.05) is 29.8 Å². The summed E-state index contributed by atoms with van der Waals surface area (Å²) in [6.45, 7) is 1.97. The van der Waals surface area contributed by atoms with Crippen LogP contribution in [0, 0.1) is 0 Å². The first kappa shape index (κ1) is 13.4. The van der Waals surface area contributed by atoms with Gasteiger partial charge in [0, 0.05) is 11.1 Å². The van der Waals surface area contributed by atoms with E-state index in [1.807, 2.05) is 31.2 Å². The molecule has 0 spiro atoms. The second kappa shape index (κ2) is 5.71. The van der Waals surface area contributed by atoms with Crippen molar-refractivity contribution in [2.75, 3.05) is 5.32 Å². The molecule has 0 bridgehead atoms. The van der Waals surface area contributed by atoms with Crippen LogP contribution in [0.15, 0.2) is 42.5 Å². The molecule has 1 unspecified atom stereocenters. The number of carbonyl (C=O) groups is 1. The minimum absolute atomic E-state index is 0.00816. The standard InChI is InChI=1S/C14H13ClN2O2/c1-9(10-5-7-11(15)8-6-10)16-13-4-2-3-12(17-13)14(18)19/h2-9H,1H3,(H,16,17)(H,18,19). The zero-order chi connectivity index (χ0) is 13.8. The molecule has 4 nitrogen and oxygen atoms in total. The lowest BCUT2D eigenvalue weighted by Crippen LogP contribution is -2.09. The highest BCUT2D eigenvalue weighted by atomic mass is 35.5. The lowest BCUT2D eigenvalue weighted by molar-refractivity contribution is 0.0690. The zero-order valence-corrected chi connectivity index (χ0v) is 11.1. The highest BCUT2D eigenvalue weighted by molar-refractivity contribution is 6.30. The van der Waals surface area contributed by atoms with E-state index in [9.17, 15) is 4.79 Å². The molecule has 1 aromatic carbocycles. The van der Waals surface area contributed by atoms with Crippen molar-refractivity contribution in [3.63, 3.8) is 0 Å². The number of carboxylic acid groups (broad SMARTS) is 1. The fourth-order valence-electron chi connectivity index (χ4n) is 1.69. The van der Waals surface area contributed by atoms with Crippen LogP contribution >= 0.6 is 11.6 Å². The summed E-state index contributed by atoms with van der Waals surface area (Å²) in [5, 5.41) is 12.7. The Morgan fingerprint density at radius 1 is 1.26 bits per heavy atom. The highest BCUT2D eigenvalue weighted by Gasteiger charge is 2.08. The average Bonchev–Trinajstić information content (AvgIpc) is 2.39. The van der Waals surface area contributed by atoms with E-state index in [1.165, 1.54) is 6.07 Å². The topological polar surface area (TPSA) is 62.2 Å². The number of carboxylic acids is 1. The molecule has 0 aliphatic carbocycles. The SMILES string of the molecule is CC(Nc1cccc(C(=O)O)n1)c1ccc(Cl)cc1. The number of nitrogens with one attached hydrogen (secondary N) is 1. The Hall–Kier alpha value is -2.07. The fraction of sp³-hybridized carbons (Fsp3) is 0.143. The highest BCUT2D eigenvalue weighted by Crippen LogP contribution is 2.20. The number of anilines is 1. The van der Waals surface area contributed by atoms with Crippen LogP contribution in [0.3, 0.4) is 0 Å². The largest absolute Gasteiger partial charge is 0.477 e. The second-order valence-corrected chi connectivity index (χ2v) is 4.57. The zero-order valence-electron chi connectivity index (χ0n) is 10.3. The maximum absolute atomic E-state index is 10.8. The van der Waals surface area contributed by atoms with Crippen molar-refractivity contribution in [3.8, 4) is 0 Å². The first-order valence-corrected chi connectivity index (χ1v) is 6.16. The molecule has 1 heterocycles. The van der Waals surface area contributed by atoms with Crippen molar-refractivity contribution in [2.24, 2.45) is 0 Å². The monoisotopic (exact) mass is 276 g/mol. The normalized spacial score (nSPS) is 11.9. The Morgan fingerprint density at radius 2 is 1.95 bits per heavy atom. The number of aromatic nitrogens is 1. The van der Waals surface area contributed by atoms with Gasteiger partial charge in [0.1, 0.15) is 5.82 Å². The first-order valence-electron chi connectivity index (χ1n) is 5.78. The predicted molar refractivity (Wildman–Crippen MR) is 74.7 cm³/mol. The molecule has 0 aliphatic heterocycles. The van der Waals surface area contributed by atoms with Crippen LogP contribution in [-0.2, 0) is 0 Å². The van der Waals surface area contributed by atoms with E-state index >= 15 is 0 Å².